The summed E-state index contributed by atoms with van der Waals surface area (Å²) in [6.45, 7) is 5.36. The summed E-state index contributed by atoms with van der Waals surface area (Å²) in [5.74, 6) is -1.51. The quantitative estimate of drug-likeness (QED) is 0.631. The van der Waals surface area contributed by atoms with Crippen LogP contribution in [0.3, 0.4) is 0 Å². The lowest BCUT2D eigenvalue weighted by Gasteiger charge is -2.28. The van der Waals surface area contributed by atoms with E-state index >= 15 is 0 Å². The smallest absolute Gasteiger partial charge is 0.325 e. The Morgan fingerprint density at radius 2 is 2.00 bits per heavy atom. The fraction of sp³-hybridized carbons (Fsp3) is 0.923. The Kier molecular flexibility index (Phi) is 4.86. The van der Waals surface area contributed by atoms with Gasteiger partial charge < -0.3 is 34.5 Å². The zero-order valence-electron chi connectivity index (χ0n) is 12.6. The third-order valence-corrected chi connectivity index (χ3v) is 3.54. The highest BCUT2D eigenvalue weighted by atomic mass is 16.8. The second kappa shape index (κ2) is 6.15. The van der Waals surface area contributed by atoms with Gasteiger partial charge in [-0.1, -0.05) is 0 Å². The van der Waals surface area contributed by atoms with Crippen LogP contribution in [0.5, 0.6) is 0 Å². The van der Waals surface area contributed by atoms with Crippen molar-refractivity contribution in [3.8, 4) is 0 Å². The second-order valence-corrected chi connectivity index (χ2v) is 5.54. The molecule has 21 heavy (non-hydrogen) atoms. The molecular formula is C13H23NO7. The highest BCUT2D eigenvalue weighted by Gasteiger charge is 2.58. The number of ether oxygens (including phenoxy) is 5. The van der Waals surface area contributed by atoms with Crippen molar-refractivity contribution in [2.45, 2.75) is 63.3 Å². The van der Waals surface area contributed by atoms with Gasteiger partial charge in [0.05, 0.1) is 6.61 Å². The molecule has 8 nitrogen and oxygen atoms in total. The molecule has 2 saturated heterocycles. The summed E-state index contributed by atoms with van der Waals surface area (Å²) >= 11 is 0. The van der Waals surface area contributed by atoms with Gasteiger partial charge in [-0.25, -0.2) is 0 Å². The average Bonchev–Trinajstić information content (AvgIpc) is 2.90. The van der Waals surface area contributed by atoms with Crippen molar-refractivity contribution in [1.82, 2.24) is 0 Å². The van der Waals surface area contributed by atoms with Crippen LogP contribution in [0.2, 0.25) is 0 Å². The second-order valence-electron chi connectivity index (χ2n) is 5.54. The summed E-state index contributed by atoms with van der Waals surface area (Å²) in [6.07, 6.45) is -3.86. The number of fused-ring (bicyclic) bond motifs is 1. The van der Waals surface area contributed by atoms with Crippen LogP contribution in [0.25, 0.3) is 0 Å². The first-order valence-corrected chi connectivity index (χ1v) is 6.95. The van der Waals surface area contributed by atoms with E-state index in [0.717, 1.165) is 0 Å². The monoisotopic (exact) mass is 305 g/mol. The van der Waals surface area contributed by atoms with E-state index in [2.05, 4.69) is 0 Å². The van der Waals surface area contributed by atoms with Gasteiger partial charge in [-0.2, -0.15) is 0 Å². The Labute approximate surface area is 123 Å². The molecule has 0 saturated carbocycles. The minimum Gasteiger partial charge on any atom is -0.465 e. The summed E-state index contributed by atoms with van der Waals surface area (Å²) in [4.78, 5) is 11.6. The number of rotatable bonds is 5. The minimum atomic E-state index is -1.28. The van der Waals surface area contributed by atoms with Crippen molar-refractivity contribution < 1.29 is 33.6 Å². The first-order chi connectivity index (χ1) is 9.80. The zero-order valence-corrected chi connectivity index (χ0v) is 12.6. The number of hydrogen-bond donors (Lipinski definition) is 2. The van der Waals surface area contributed by atoms with Crippen molar-refractivity contribution >= 4 is 5.97 Å². The van der Waals surface area contributed by atoms with E-state index in [9.17, 15) is 9.90 Å². The van der Waals surface area contributed by atoms with Crippen molar-refractivity contribution in [2.75, 3.05) is 13.7 Å². The maximum Gasteiger partial charge on any atom is 0.325 e. The van der Waals surface area contributed by atoms with E-state index in [1.54, 1.807) is 20.8 Å². The number of aliphatic hydroxyl groups is 1. The number of methoxy groups -OCH3 is 1. The Morgan fingerprint density at radius 1 is 1.38 bits per heavy atom. The van der Waals surface area contributed by atoms with Crippen LogP contribution < -0.4 is 5.73 Å². The SMILES string of the molecule is CCOC(=O)[C@@H](N)[C@@H](O)[C@H]1O[C@@H](OC)[C@@H]2OC(C)(C)O[C@H]12. The summed E-state index contributed by atoms with van der Waals surface area (Å²) in [7, 11) is 1.47. The fourth-order valence-corrected chi connectivity index (χ4v) is 2.64. The van der Waals surface area contributed by atoms with Gasteiger partial charge in [0.2, 0.25) is 0 Å². The van der Waals surface area contributed by atoms with Crippen LogP contribution in [0.1, 0.15) is 20.8 Å². The molecule has 0 spiro atoms. The van der Waals surface area contributed by atoms with Crippen LogP contribution in [-0.2, 0) is 28.5 Å². The number of esters is 1. The molecule has 6 atom stereocenters. The van der Waals surface area contributed by atoms with E-state index in [-0.39, 0.29) is 6.61 Å². The van der Waals surface area contributed by atoms with Crippen molar-refractivity contribution in [1.29, 1.82) is 0 Å². The standard InChI is InChI=1S/C13H23NO7/c1-5-18-11(16)6(14)7(15)8-9-10(12(17-4)19-8)21-13(2,3)20-9/h6-10,12,15H,5,14H2,1-4H3/t6-,7+,8+,9+,10+,12+/m0/s1. The number of hydrogen-bond acceptors (Lipinski definition) is 8. The predicted octanol–water partition coefficient (Wildman–Crippen LogP) is -0.871. The number of nitrogens with two attached hydrogens (primary N) is 1. The fourth-order valence-electron chi connectivity index (χ4n) is 2.64. The Morgan fingerprint density at radius 3 is 2.57 bits per heavy atom. The topological polar surface area (TPSA) is 109 Å². The van der Waals surface area contributed by atoms with E-state index in [1.165, 1.54) is 7.11 Å². The minimum absolute atomic E-state index is 0.185. The maximum absolute atomic E-state index is 11.6. The lowest BCUT2D eigenvalue weighted by atomic mass is 10.0. The maximum atomic E-state index is 11.6. The number of aliphatic hydroxyl groups excluding tert-OH is 1. The normalized spacial score (nSPS) is 37.0. The molecule has 0 aromatic carbocycles. The molecule has 0 amide bonds. The molecule has 122 valence electrons. The van der Waals surface area contributed by atoms with Gasteiger partial charge in [0.15, 0.2) is 12.1 Å². The first kappa shape index (κ1) is 16.6. The third kappa shape index (κ3) is 3.20. The Balaban J connectivity index is 2.10. The molecule has 0 aliphatic carbocycles. The van der Waals surface area contributed by atoms with Gasteiger partial charge >= 0.3 is 5.97 Å². The molecule has 0 aromatic heterocycles. The number of carbonyl (C=O) groups excluding carboxylic acids is 1. The molecule has 8 heteroatoms. The summed E-state index contributed by atoms with van der Waals surface area (Å²) in [5.41, 5.74) is 5.72. The largest absolute Gasteiger partial charge is 0.465 e. The molecule has 0 radical (unpaired) electrons. The number of carbonyl (C=O) groups is 1. The van der Waals surface area contributed by atoms with Gasteiger partial charge in [0, 0.05) is 7.11 Å². The predicted molar refractivity (Wildman–Crippen MR) is 70.1 cm³/mol. The summed E-state index contributed by atoms with van der Waals surface area (Å²) in [6, 6.07) is -1.22. The van der Waals surface area contributed by atoms with Crippen LogP contribution in [0.4, 0.5) is 0 Å². The molecule has 2 fully saturated rings. The van der Waals surface area contributed by atoms with Gasteiger partial charge in [-0.3, -0.25) is 4.79 Å². The van der Waals surface area contributed by atoms with E-state index < -0.39 is 48.5 Å². The molecule has 2 rings (SSSR count). The molecule has 2 aliphatic heterocycles. The van der Waals surface area contributed by atoms with Crippen LogP contribution >= 0.6 is 0 Å². The third-order valence-electron chi connectivity index (χ3n) is 3.54. The van der Waals surface area contributed by atoms with Gasteiger partial charge in [0.25, 0.3) is 0 Å². The van der Waals surface area contributed by atoms with Crippen LogP contribution in [0, 0.1) is 0 Å². The molecule has 2 aliphatic rings. The molecule has 2 heterocycles. The zero-order chi connectivity index (χ0) is 15.8. The lowest BCUT2D eigenvalue weighted by Crippen LogP contribution is -2.52. The summed E-state index contributed by atoms with van der Waals surface area (Å²) in [5, 5.41) is 10.3. The van der Waals surface area contributed by atoms with Crippen molar-refractivity contribution in [3.63, 3.8) is 0 Å². The molecule has 3 N–H and O–H groups in total. The van der Waals surface area contributed by atoms with Crippen LogP contribution in [0.15, 0.2) is 0 Å². The Hall–Kier alpha value is -0.770. The average molecular weight is 305 g/mol. The van der Waals surface area contributed by atoms with E-state index in [1.807, 2.05) is 0 Å². The highest BCUT2D eigenvalue weighted by molar-refractivity contribution is 5.76. The first-order valence-electron chi connectivity index (χ1n) is 6.95. The lowest BCUT2D eigenvalue weighted by molar-refractivity contribution is -0.238. The van der Waals surface area contributed by atoms with E-state index in [0.29, 0.717) is 0 Å². The highest BCUT2D eigenvalue weighted by Crippen LogP contribution is 2.40. The molecule has 0 unspecified atom stereocenters. The van der Waals surface area contributed by atoms with Crippen LogP contribution in [-0.4, -0.2) is 67.3 Å². The van der Waals surface area contributed by atoms with Gasteiger partial charge in [0.1, 0.15) is 30.5 Å². The molecule has 0 aromatic rings. The van der Waals surface area contributed by atoms with E-state index in [4.69, 9.17) is 29.4 Å². The Bertz CT molecular complexity index is 389. The van der Waals surface area contributed by atoms with Crippen molar-refractivity contribution in [3.05, 3.63) is 0 Å². The molecule has 0 bridgehead atoms. The molecular weight excluding hydrogens is 282 g/mol. The van der Waals surface area contributed by atoms with Gasteiger partial charge in [-0.15, -0.1) is 0 Å². The van der Waals surface area contributed by atoms with Crippen molar-refractivity contribution in [2.24, 2.45) is 5.73 Å². The summed E-state index contributed by atoms with van der Waals surface area (Å²) < 4.78 is 27.0. The van der Waals surface area contributed by atoms with Gasteiger partial charge in [-0.05, 0) is 20.8 Å².